The molecule has 0 bridgehead atoms. The van der Waals surface area contributed by atoms with Crippen LogP contribution in [0.1, 0.15) is 26.7 Å². The molecule has 1 fully saturated rings. The van der Waals surface area contributed by atoms with E-state index in [0.717, 1.165) is 18.5 Å². The van der Waals surface area contributed by atoms with Gasteiger partial charge in [-0.1, -0.05) is 31.5 Å². The van der Waals surface area contributed by atoms with Crippen LogP contribution < -0.4 is 9.62 Å². The second-order valence-corrected chi connectivity index (χ2v) is 12.8. The summed E-state index contributed by atoms with van der Waals surface area (Å²) in [6.45, 7) is 5.18. The molecule has 2 aromatic carbocycles. The highest BCUT2D eigenvalue weighted by atomic mass is 35.5. The molecule has 1 heterocycles. The molecule has 1 aliphatic heterocycles. The first-order chi connectivity index (χ1) is 15.0. The lowest BCUT2D eigenvalue weighted by atomic mass is 10.1. The highest BCUT2D eigenvalue weighted by Crippen LogP contribution is 2.28. The molecule has 3 rings (SSSR count). The van der Waals surface area contributed by atoms with Gasteiger partial charge in [0.05, 0.1) is 16.8 Å². The first-order valence-corrected chi connectivity index (χ1v) is 14.2. The molecular formula is C22H30ClN3O4S2. The van der Waals surface area contributed by atoms with Gasteiger partial charge in [0, 0.05) is 36.4 Å². The lowest BCUT2D eigenvalue weighted by Crippen LogP contribution is -2.44. The van der Waals surface area contributed by atoms with Crippen molar-refractivity contribution in [3.05, 3.63) is 53.6 Å². The summed E-state index contributed by atoms with van der Waals surface area (Å²) in [5, 5.41) is 3.80. The minimum Gasteiger partial charge on any atom is -0.381 e. The van der Waals surface area contributed by atoms with E-state index in [4.69, 9.17) is 11.6 Å². The third-order valence-corrected chi connectivity index (χ3v) is 8.61. The Bertz CT molecular complexity index is 1140. The fraction of sp³-hybridized carbons (Fsp3) is 0.455. The molecular weight excluding hydrogens is 470 g/mol. The summed E-state index contributed by atoms with van der Waals surface area (Å²) < 4.78 is 53.4. The number of hydrogen-bond acceptors (Lipinski definition) is 5. The number of anilines is 2. The summed E-state index contributed by atoms with van der Waals surface area (Å²) >= 11 is 6.10. The molecule has 0 amide bonds. The molecule has 7 nitrogen and oxygen atoms in total. The molecule has 1 aliphatic rings. The lowest BCUT2D eigenvalue weighted by molar-refractivity contribution is 0.329. The number of rotatable bonds is 8. The minimum absolute atomic E-state index is 0.0233. The van der Waals surface area contributed by atoms with E-state index in [1.165, 1.54) is 14.9 Å². The molecule has 0 spiro atoms. The van der Waals surface area contributed by atoms with Crippen LogP contribution in [0, 0.1) is 5.92 Å². The Kier molecular flexibility index (Phi) is 7.75. The molecule has 0 saturated carbocycles. The summed E-state index contributed by atoms with van der Waals surface area (Å²) in [5.74, 6) is 0.119. The fourth-order valence-electron chi connectivity index (χ4n) is 3.75. The second kappa shape index (κ2) is 9.99. The third kappa shape index (κ3) is 6.15. The monoisotopic (exact) mass is 499 g/mol. The molecule has 10 heteroatoms. The normalized spacial score (nSPS) is 18.0. The number of hydrogen-bond donors (Lipinski definition) is 1. The molecule has 0 aliphatic carbocycles. The van der Waals surface area contributed by atoms with Crippen LogP contribution in [0.3, 0.4) is 0 Å². The zero-order chi connectivity index (χ0) is 23.5. The number of nitrogens with zero attached hydrogens (tertiary/aromatic N) is 2. The molecule has 32 heavy (non-hydrogen) atoms. The molecule has 1 unspecified atom stereocenters. The quantitative estimate of drug-likeness (QED) is 0.592. The SMILES string of the molecule is CC(C)CN(c1cccc(Cl)c1)S(=O)(=O)c1ccc(NC2CCCN(S(C)(=O)=O)C2)cc1. The average Bonchev–Trinajstić information content (AvgIpc) is 2.72. The van der Waals surface area contributed by atoms with Crippen molar-refractivity contribution in [3.8, 4) is 0 Å². The highest BCUT2D eigenvalue weighted by molar-refractivity contribution is 7.92. The molecule has 0 radical (unpaired) electrons. The molecule has 0 aromatic heterocycles. The Hall–Kier alpha value is -1.81. The van der Waals surface area contributed by atoms with Gasteiger partial charge < -0.3 is 5.32 Å². The third-order valence-electron chi connectivity index (χ3n) is 5.29. The minimum atomic E-state index is -3.78. The van der Waals surface area contributed by atoms with Crippen LogP contribution in [-0.4, -0.2) is 53.1 Å². The van der Waals surface area contributed by atoms with Crippen molar-refractivity contribution in [3.63, 3.8) is 0 Å². The van der Waals surface area contributed by atoms with Crippen LogP contribution in [0.4, 0.5) is 11.4 Å². The van der Waals surface area contributed by atoms with Gasteiger partial charge >= 0.3 is 0 Å². The zero-order valence-corrected chi connectivity index (χ0v) is 20.9. The summed E-state index contributed by atoms with van der Waals surface area (Å²) in [6, 6.07) is 13.4. The van der Waals surface area contributed by atoms with Crippen LogP contribution in [0.15, 0.2) is 53.4 Å². The topological polar surface area (TPSA) is 86.8 Å². The van der Waals surface area contributed by atoms with Crippen LogP contribution in [0.2, 0.25) is 5.02 Å². The maximum absolute atomic E-state index is 13.4. The fourth-order valence-corrected chi connectivity index (χ4v) is 6.47. The van der Waals surface area contributed by atoms with E-state index in [1.807, 2.05) is 13.8 Å². The van der Waals surface area contributed by atoms with Crippen LogP contribution in [-0.2, 0) is 20.0 Å². The molecule has 2 aromatic rings. The molecule has 176 valence electrons. The predicted molar refractivity (Wildman–Crippen MR) is 130 cm³/mol. The van der Waals surface area contributed by atoms with Gasteiger partial charge in [-0.3, -0.25) is 4.31 Å². The van der Waals surface area contributed by atoms with Crippen molar-refractivity contribution >= 4 is 43.0 Å². The van der Waals surface area contributed by atoms with Crippen molar-refractivity contribution in [1.29, 1.82) is 0 Å². The summed E-state index contributed by atoms with van der Waals surface area (Å²) in [4.78, 5) is 0.185. The van der Waals surface area contributed by atoms with E-state index in [-0.39, 0.29) is 16.9 Å². The Labute approximate surface area is 196 Å². The molecule has 1 atom stereocenters. The Morgan fingerprint density at radius 1 is 1.12 bits per heavy atom. The largest absolute Gasteiger partial charge is 0.381 e. The number of sulfonamides is 2. The number of halogens is 1. The van der Waals surface area contributed by atoms with Crippen molar-refractivity contribution in [2.45, 2.75) is 37.6 Å². The lowest BCUT2D eigenvalue weighted by Gasteiger charge is -2.32. The van der Waals surface area contributed by atoms with Crippen LogP contribution >= 0.6 is 11.6 Å². The van der Waals surface area contributed by atoms with Gasteiger partial charge in [-0.2, -0.15) is 0 Å². The van der Waals surface area contributed by atoms with Crippen molar-refractivity contribution < 1.29 is 16.8 Å². The van der Waals surface area contributed by atoms with Gasteiger partial charge in [-0.25, -0.2) is 21.1 Å². The standard InChI is InChI=1S/C22H30ClN3O4S2/c1-17(2)15-26(21-8-4-6-18(23)14-21)32(29,30)22-11-9-19(10-12-22)24-20-7-5-13-25(16-20)31(3,27)28/h4,6,8-12,14,17,20,24H,5,7,13,15-16H2,1-3H3. The van der Waals surface area contributed by atoms with E-state index >= 15 is 0 Å². The van der Waals surface area contributed by atoms with Crippen molar-refractivity contribution in [1.82, 2.24) is 4.31 Å². The Morgan fingerprint density at radius 2 is 1.81 bits per heavy atom. The number of nitrogens with one attached hydrogen (secondary N) is 1. The summed E-state index contributed by atoms with van der Waals surface area (Å²) in [5.41, 5.74) is 1.28. The first-order valence-electron chi connectivity index (χ1n) is 10.6. The number of benzene rings is 2. The summed E-state index contributed by atoms with van der Waals surface area (Å²) in [7, 11) is -7.01. The Morgan fingerprint density at radius 3 is 2.41 bits per heavy atom. The van der Waals surface area contributed by atoms with E-state index in [2.05, 4.69) is 5.32 Å². The first kappa shape index (κ1) is 24.8. The van der Waals surface area contributed by atoms with E-state index < -0.39 is 20.0 Å². The second-order valence-electron chi connectivity index (χ2n) is 8.54. The van der Waals surface area contributed by atoms with Crippen LogP contribution in [0.25, 0.3) is 0 Å². The molecule has 1 saturated heterocycles. The van der Waals surface area contributed by atoms with Gasteiger partial charge in [0.25, 0.3) is 10.0 Å². The molecule has 1 N–H and O–H groups in total. The van der Waals surface area contributed by atoms with Gasteiger partial charge in [0.1, 0.15) is 0 Å². The zero-order valence-electron chi connectivity index (χ0n) is 18.5. The maximum Gasteiger partial charge on any atom is 0.264 e. The van der Waals surface area contributed by atoms with E-state index in [1.54, 1.807) is 48.5 Å². The van der Waals surface area contributed by atoms with Crippen molar-refractivity contribution in [2.75, 3.05) is 35.5 Å². The summed E-state index contributed by atoms with van der Waals surface area (Å²) in [6.07, 6.45) is 2.85. The predicted octanol–water partition coefficient (Wildman–Crippen LogP) is 4.03. The van der Waals surface area contributed by atoms with Gasteiger partial charge in [-0.05, 0) is 61.2 Å². The van der Waals surface area contributed by atoms with Crippen LogP contribution in [0.5, 0.6) is 0 Å². The average molecular weight is 500 g/mol. The van der Waals surface area contributed by atoms with E-state index in [0.29, 0.717) is 30.3 Å². The van der Waals surface area contributed by atoms with Gasteiger partial charge in [-0.15, -0.1) is 0 Å². The van der Waals surface area contributed by atoms with Gasteiger partial charge in [0.15, 0.2) is 0 Å². The van der Waals surface area contributed by atoms with Crippen molar-refractivity contribution in [2.24, 2.45) is 5.92 Å². The number of piperidine rings is 1. The maximum atomic E-state index is 13.4. The Balaban J connectivity index is 1.80. The smallest absolute Gasteiger partial charge is 0.264 e. The van der Waals surface area contributed by atoms with E-state index in [9.17, 15) is 16.8 Å². The van der Waals surface area contributed by atoms with Gasteiger partial charge in [0.2, 0.25) is 10.0 Å². The highest BCUT2D eigenvalue weighted by Gasteiger charge is 2.27.